The van der Waals surface area contributed by atoms with Gasteiger partial charge in [0, 0.05) is 17.8 Å². The van der Waals surface area contributed by atoms with Gasteiger partial charge in [-0.2, -0.15) is 0 Å². The number of aromatic carboxylic acids is 1. The fraction of sp³-hybridized carbons (Fsp3) is 0.462. The largest absolute Gasteiger partial charge is 0.478 e. The van der Waals surface area contributed by atoms with Crippen LogP contribution in [0.2, 0.25) is 0 Å². The van der Waals surface area contributed by atoms with Gasteiger partial charge in [-0.1, -0.05) is 0 Å². The zero-order valence-corrected chi connectivity index (χ0v) is 10.2. The highest BCUT2D eigenvalue weighted by Crippen LogP contribution is 2.36. The predicted molar refractivity (Wildman–Crippen MR) is 68.5 cm³/mol. The Kier molecular flexibility index (Phi) is 2.73. The Labute approximate surface area is 101 Å². The second-order valence-corrected chi connectivity index (χ2v) is 5.15. The number of carboxylic acids is 1. The van der Waals surface area contributed by atoms with E-state index in [0.717, 1.165) is 25.1 Å². The Morgan fingerprint density at radius 3 is 2.71 bits per heavy atom. The number of benzene rings is 1. The van der Waals surface area contributed by atoms with Gasteiger partial charge < -0.3 is 15.7 Å². The lowest BCUT2D eigenvalue weighted by Gasteiger charge is -2.34. The molecule has 1 aromatic carbocycles. The smallest absolute Gasteiger partial charge is 0.337 e. The fourth-order valence-corrected chi connectivity index (χ4v) is 2.51. The van der Waals surface area contributed by atoms with Crippen molar-refractivity contribution >= 4 is 17.3 Å². The molecule has 1 saturated heterocycles. The minimum Gasteiger partial charge on any atom is -0.478 e. The molecule has 0 atom stereocenters. The minimum absolute atomic E-state index is 0.00199. The minimum atomic E-state index is -0.900. The van der Waals surface area contributed by atoms with E-state index in [-0.39, 0.29) is 5.54 Å². The quantitative estimate of drug-likeness (QED) is 0.771. The van der Waals surface area contributed by atoms with E-state index in [0.29, 0.717) is 11.3 Å². The number of nitrogens with two attached hydrogens (primary N) is 1. The van der Waals surface area contributed by atoms with Crippen LogP contribution in [0.25, 0.3) is 0 Å². The lowest BCUT2D eigenvalue weighted by atomic mass is 10.0. The lowest BCUT2D eigenvalue weighted by molar-refractivity contribution is 0.0697. The predicted octanol–water partition coefficient (Wildman–Crippen LogP) is 2.35. The summed E-state index contributed by atoms with van der Waals surface area (Å²) in [5.41, 5.74) is 7.43. The van der Waals surface area contributed by atoms with Crippen LogP contribution in [0.5, 0.6) is 0 Å². The maximum Gasteiger partial charge on any atom is 0.337 e. The van der Waals surface area contributed by atoms with Crippen molar-refractivity contribution < 1.29 is 9.90 Å². The number of carbonyl (C=O) groups is 1. The standard InChI is InChI=1S/C13H18N2O2/c1-13(2)6-3-7-15(13)11-8-9(14)4-5-10(11)12(16)17/h4-5,8H,3,6-7,14H2,1-2H3,(H,16,17). The van der Waals surface area contributed by atoms with Crippen LogP contribution in [0.4, 0.5) is 11.4 Å². The van der Waals surface area contributed by atoms with E-state index in [1.165, 1.54) is 0 Å². The van der Waals surface area contributed by atoms with E-state index in [4.69, 9.17) is 5.73 Å². The van der Waals surface area contributed by atoms with Crippen LogP contribution in [0.15, 0.2) is 18.2 Å². The van der Waals surface area contributed by atoms with Crippen LogP contribution in [0.1, 0.15) is 37.0 Å². The van der Waals surface area contributed by atoms with Crippen molar-refractivity contribution in [2.75, 3.05) is 17.2 Å². The molecule has 1 fully saturated rings. The van der Waals surface area contributed by atoms with E-state index < -0.39 is 5.97 Å². The van der Waals surface area contributed by atoms with Gasteiger partial charge in [-0.05, 0) is 44.9 Å². The SMILES string of the molecule is CC1(C)CCCN1c1cc(N)ccc1C(=O)O. The van der Waals surface area contributed by atoms with Crippen molar-refractivity contribution in [2.24, 2.45) is 0 Å². The molecule has 0 unspecified atom stereocenters. The lowest BCUT2D eigenvalue weighted by Crippen LogP contribution is -2.39. The van der Waals surface area contributed by atoms with Crippen LogP contribution in [-0.2, 0) is 0 Å². The molecule has 0 radical (unpaired) electrons. The molecule has 0 saturated carbocycles. The summed E-state index contributed by atoms with van der Waals surface area (Å²) in [5, 5.41) is 9.22. The molecule has 17 heavy (non-hydrogen) atoms. The molecule has 4 heteroatoms. The molecule has 0 aromatic heterocycles. The topological polar surface area (TPSA) is 66.6 Å². The maximum atomic E-state index is 11.2. The second kappa shape index (κ2) is 3.95. The monoisotopic (exact) mass is 234 g/mol. The average Bonchev–Trinajstić information content (AvgIpc) is 2.57. The summed E-state index contributed by atoms with van der Waals surface area (Å²) in [6.07, 6.45) is 2.15. The van der Waals surface area contributed by atoms with E-state index in [1.807, 2.05) is 0 Å². The summed E-state index contributed by atoms with van der Waals surface area (Å²) in [7, 11) is 0. The highest BCUT2D eigenvalue weighted by atomic mass is 16.4. The van der Waals surface area contributed by atoms with Crippen molar-refractivity contribution in [3.8, 4) is 0 Å². The van der Waals surface area contributed by atoms with Gasteiger partial charge >= 0.3 is 5.97 Å². The number of nitrogen functional groups attached to an aromatic ring is 1. The van der Waals surface area contributed by atoms with Crippen LogP contribution >= 0.6 is 0 Å². The molecule has 1 aromatic rings. The van der Waals surface area contributed by atoms with Crippen molar-refractivity contribution in [3.05, 3.63) is 23.8 Å². The highest BCUT2D eigenvalue weighted by Gasteiger charge is 2.34. The third-order valence-electron chi connectivity index (χ3n) is 3.44. The molecule has 4 nitrogen and oxygen atoms in total. The molecule has 0 amide bonds. The Morgan fingerprint density at radius 1 is 1.47 bits per heavy atom. The third-order valence-corrected chi connectivity index (χ3v) is 3.44. The summed E-state index contributed by atoms with van der Waals surface area (Å²) in [6.45, 7) is 5.15. The van der Waals surface area contributed by atoms with Gasteiger partial charge in [-0.3, -0.25) is 0 Å². The molecule has 1 heterocycles. The highest BCUT2D eigenvalue weighted by molar-refractivity contribution is 5.95. The molecule has 0 aliphatic carbocycles. The molecule has 92 valence electrons. The van der Waals surface area contributed by atoms with Crippen LogP contribution < -0.4 is 10.6 Å². The first-order chi connectivity index (χ1) is 7.92. The Morgan fingerprint density at radius 2 is 2.18 bits per heavy atom. The number of hydrogen-bond donors (Lipinski definition) is 2. The third kappa shape index (κ3) is 2.07. The molecular formula is C13H18N2O2. The number of carboxylic acid groups (broad SMARTS) is 1. The normalized spacial score (nSPS) is 18.4. The molecule has 1 aliphatic rings. The Hall–Kier alpha value is -1.71. The number of anilines is 2. The molecule has 2 rings (SSSR count). The number of rotatable bonds is 2. The Balaban J connectivity index is 2.50. The summed E-state index contributed by atoms with van der Waals surface area (Å²) in [5.74, 6) is -0.900. The molecule has 0 bridgehead atoms. The van der Waals surface area contributed by atoms with E-state index in [2.05, 4.69) is 18.7 Å². The second-order valence-electron chi connectivity index (χ2n) is 5.15. The van der Waals surface area contributed by atoms with Crippen molar-refractivity contribution in [2.45, 2.75) is 32.2 Å². The van der Waals surface area contributed by atoms with E-state index >= 15 is 0 Å². The summed E-state index contributed by atoms with van der Waals surface area (Å²) >= 11 is 0. The first kappa shape index (κ1) is 11.8. The van der Waals surface area contributed by atoms with E-state index in [1.54, 1.807) is 18.2 Å². The fourth-order valence-electron chi connectivity index (χ4n) is 2.51. The number of nitrogens with zero attached hydrogens (tertiary/aromatic N) is 1. The average molecular weight is 234 g/mol. The summed E-state index contributed by atoms with van der Waals surface area (Å²) < 4.78 is 0. The first-order valence-corrected chi connectivity index (χ1v) is 5.82. The van der Waals surface area contributed by atoms with Gasteiger partial charge in [0.05, 0.1) is 11.3 Å². The number of hydrogen-bond acceptors (Lipinski definition) is 3. The van der Waals surface area contributed by atoms with Gasteiger partial charge in [0.1, 0.15) is 0 Å². The van der Waals surface area contributed by atoms with Gasteiger partial charge in [0.2, 0.25) is 0 Å². The first-order valence-electron chi connectivity index (χ1n) is 5.82. The zero-order chi connectivity index (χ0) is 12.6. The van der Waals surface area contributed by atoms with Crippen LogP contribution in [0, 0.1) is 0 Å². The van der Waals surface area contributed by atoms with Gasteiger partial charge in [0.25, 0.3) is 0 Å². The summed E-state index contributed by atoms with van der Waals surface area (Å²) in [6, 6.07) is 4.98. The molecule has 0 spiro atoms. The Bertz CT molecular complexity index is 455. The van der Waals surface area contributed by atoms with E-state index in [9.17, 15) is 9.90 Å². The molecule has 1 aliphatic heterocycles. The van der Waals surface area contributed by atoms with Crippen molar-refractivity contribution in [1.82, 2.24) is 0 Å². The zero-order valence-electron chi connectivity index (χ0n) is 10.2. The molecular weight excluding hydrogens is 216 g/mol. The van der Waals surface area contributed by atoms with Gasteiger partial charge in [-0.15, -0.1) is 0 Å². The van der Waals surface area contributed by atoms with Crippen LogP contribution in [-0.4, -0.2) is 23.2 Å². The van der Waals surface area contributed by atoms with Crippen molar-refractivity contribution in [1.29, 1.82) is 0 Å². The van der Waals surface area contributed by atoms with Crippen LogP contribution in [0.3, 0.4) is 0 Å². The molecule has 3 N–H and O–H groups in total. The van der Waals surface area contributed by atoms with Gasteiger partial charge in [-0.25, -0.2) is 4.79 Å². The summed E-state index contributed by atoms with van der Waals surface area (Å²) in [4.78, 5) is 13.4. The van der Waals surface area contributed by atoms with Crippen molar-refractivity contribution in [3.63, 3.8) is 0 Å². The van der Waals surface area contributed by atoms with Gasteiger partial charge in [0.15, 0.2) is 0 Å². The maximum absolute atomic E-state index is 11.2.